The van der Waals surface area contributed by atoms with Gasteiger partial charge in [-0.25, -0.2) is 5.84 Å². The average Bonchev–Trinajstić information content (AvgIpc) is 2.55. The molecule has 3 N–H and O–H groups in total. The van der Waals surface area contributed by atoms with Gasteiger partial charge in [-0.2, -0.15) is 0 Å². The molecule has 0 bridgehead atoms. The topological polar surface area (TPSA) is 66.1 Å². The largest absolute Gasteiger partial charge is 0.382 e. The van der Waals surface area contributed by atoms with E-state index >= 15 is 0 Å². The number of ether oxygens (including phenoxy) is 1. The van der Waals surface area contributed by atoms with Crippen LogP contribution in [-0.4, -0.2) is 68.2 Å². The molecule has 112 valence electrons. The summed E-state index contributed by atoms with van der Waals surface area (Å²) >= 11 is 0. The van der Waals surface area contributed by atoms with Crippen molar-refractivity contribution >= 4 is 5.96 Å². The Morgan fingerprint density at radius 1 is 1.47 bits per heavy atom. The molecule has 1 aliphatic rings. The minimum Gasteiger partial charge on any atom is -0.382 e. The predicted octanol–water partition coefficient (Wildman–Crippen LogP) is 0.258. The van der Waals surface area contributed by atoms with E-state index in [4.69, 9.17) is 10.6 Å². The monoisotopic (exact) mass is 271 g/mol. The van der Waals surface area contributed by atoms with E-state index < -0.39 is 0 Å². The van der Waals surface area contributed by atoms with Crippen LogP contribution in [0.5, 0.6) is 0 Å². The lowest BCUT2D eigenvalue weighted by Crippen LogP contribution is -2.50. The molecule has 19 heavy (non-hydrogen) atoms. The number of rotatable bonds is 5. The second-order valence-electron chi connectivity index (χ2n) is 5.06. The van der Waals surface area contributed by atoms with Crippen molar-refractivity contribution in [2.24, 2.45) is 10.8 Å². The first-order chi connectivity index (χ1) is 9.19. The highest BCUT2D eigenvalue weighted by atomic mass is 16.5. The van der Waals surface area contributed by atoms with Gasteiger partial charge in [0, 0.05) is 38.9 Å². The molecule has 0 saturated carbocycles. The summed E-state index contributed by atoms with van der Waals surface area (Å²) in [6, 6.07) is 0.425. The van der Waals surface area contributed by atoms with Gasteiger partial charge in [0.1, 0.15) is 0 Å². The number of aliphatic imine (C=N–C) groups is 1. The quantitative estimate of drug-likeness (QED) is 0.247. The maximum absolute atomic E-state index is 5.63. The minimum atomic E-state index is 0.425. The van der Waals surface area contributed by atoms with Gasteiger partial charge in [0.15, 0.2) is 0 Å². The lowest BCUT2D eigenvalue weighted by Gasteiger charge is -2.30. The molecule has 6 nitrogen and oxygen atoms in total. The number of hydrogen-bond donors (Lipinski definition) is 2. The number of nitrogens with zero attached hydrogens (tertiary/aromatic N) is 3. The van der Waals surface area contributed by atoms with Crippen LogP contribution < -0.4 is 11.3 Å². The third kappa shape index (κ3) is 5.76. The van der Waals surface area contributed by atoms with Crippen LogP contribution in [0.3, 0.4) is 0 Å². The van der Waals surface area contributed by atoms with Crippen molar-refractivity contribution in [1.82, 2.24) is 15.2 Å². The molecule has 1 aliphatic heterocycles. The number of likely N-dealkylation sites (N-methyl/N-ethyl adjacent to an activating group) is 1. The SMILES string of the molecule is CCOCCCN=C(NN)N1CCCN(C)CC1C. The average molecular weight is 271 g/mol. The van der Waals surface area contributed by atoms with Crippen molar-refractivity contribution in [3.8, 4) is 0 Å². The molecule has 0 aromatic heterocycles. The molecular formula is C13H29N5O. The molecule has 0 spiro atoms. The van der Waals surface area contributed by atoms with Gasteiger partial charge >= 0.3 is 0 Å². The summed E-state index contributed by atoms with van der Waals surface area (Å²) in [6.45, 7) is 9.67. The van der Waals surface area contributed by atoms with Crippen molar-refractivity contribution in [1.29, 1.82) is 0 Å². The summed E-state index contributed by atoms with van der Waals surface area (Å²) < 4.78 is 5.31. The first-order valence-corrected chi connectivity index (χ1v) is 7.23. The van der Waals surface area contributed by atoms with Gasteiger partial charge in [0.25, 0.3) is 0 Å². The van der Waals surface area contributed by atoms with Gasteiger partial charge in [-0.15, -0.1) is 0 Å². The molecule has 1 fully saturated rings. The van der Waals surface area contributed by atoms with Crippen LogP contribution in [0.1, 0.15) is 26.7 Å². The van der Waals surface area contributed by atoms with Crippen LogP contribution in [0.2, 0.25) is 0 Å². The Morgan fingerprint density at radius 3 is 2.95 bits per heavy atom. The second-order valence-corrected chi connectivity index (χ2v) is 5.06. The summed E-state index contributed by atoms with van der Waals surface area (Å²) in [4.78, 5) is 9.19. The van der Waals surface area contributed by atoms with Gasteiger partial charge in [-0.05, 0) is 40.3 Å². The highest BCUT2D eigenvalue weighted by Gasteiger charge is 2.21. The van der Waals surface area contributed by atoms with Crippen molar-refractivity contribution < 1.29 is 4.74 Å². The molecule has 1 saturated heterocycles. The summed E-state index contributed by atoms with van der Waals surface area (Å²) in [7, 11) is 2.16. The zero-order chi connectivity index (χ0) is 14.1. The Balaban J connectivity index is 2.49. The van der Waals surface area contributed by atoms with E-state index in [1.165, 1.54) is 0 Å². The fourth-order valence-electron chi connectivity index (χ4n) is 2.40. The molecule has 6 heteroatoms. The molecule has 1 rings (SSSR count). The highest BCUT2D eigenvalue weighted by Crippen LogP contribution is 2.08. The van der Waals surface area contributed by atoms with E-state index in [-0.39, 0.29) is 0 Å². The van der Waals surface area contributed by atoms with Gasteiger partial charge in [-0.1, -0.05) is 0 Å². The molecule has 0 aromatic carbocycles. The van der Waals surface area contributed by atoms with Crippen molar-refractivity contribution in [3.63, 3.8) is 0 Å². The van der Waals surface area contributed by atoms with E-state index in [0.29, 0.717) is 6.04 Å². The Hall–Kier alpha value is -0.850. The van der Waals surface area contributed by atoms with E-state index in [2.05, 4.69) is 34.2 Å². The van der Waals surface area contributed by atoms with Crippen LogP contribution in [0.4, 0.5) is 0 Å². The first kappa shape index (κ1) is 16.2. The normalized spacial score (nSPS) is 22.4. The predicted molar refractivity (Wildman–Crippen MR) is 79.0 cm³/mol. The van der Waals surface area contributed by atoms with Crippen LogP contribution in [0, 0.1) is 0 Å². The van der Waals surface area contributed by atoms with E-state index in [0.717, 1.165) is 58.2 Å². The van der Waals surface area contributed by atoms with Crippen molar-refractivity contribution in [2.75, 3.05) is 46.4 Å². The number of nitrogens with two attached hydrogens (primary N) is 1. The lowest BCUT2D eigenvalue weighted by atomic mass is 10.3. The zero-order valence-corrected chi connectivity index (χ0v) is 12.6. The van der Waals surface area contributed by atoms with Crippen LogP contribution in [0.15, 0.2) is 4.99 Å². The third-order valence-corrected chi connectivity index (χ3v) is 3.36. The molecule has 0 aliphatic carbocycles. The third-order valence-electron chi connectivity index (χ3n) is 3.36. The molecule has 0 amide bonds. The smallest absolute Gasteiger partial charge is 0.208 e. The van der Waals surface area contributed by atoms with E-state index in [1.54, 1.807) is 0 Å². The molecule has 1 atom stereocenters. The Kier molecular flexibility index (Phi) is 7.78. The number of hydrazine groups is 1. The molecule has 1 heterocycles. The van der Waals surface area contributed by atoms with E-state index in [1.807, 2.05) is 6.92 Å². The maximum atomic E-state index is 5.63. The molecule has 1 unspecified atom stereocenters. The Morgan fingerprint density at radius 2 is 2.26 bits per heavy atom. The molecule has 0 aromatic rings. The number of guanidine groups is 1. The van der Waals surface area contributed by atoms with Crippen molar-refractivity contribution in [2.45, 2.75) is 32.7 Å². The first-order valence-electron chi connectivity index (χ1n) is 7.23. The lowest BCUT2D eigenvalue weighted by molar-refractivity contribution is 0.146. The Labute approximate surface area is 117 Å². The van der Waals surface area contributed by atoms with E-state index in [9.17, 15) is 0 Å². The minimum absolute atomic E-state index is 0.425. The summed E-state index contributed by atoms with van der Waals surface area (Å²) in [5, 5.41) is 0. The number of nitrogens with one attached hydrogen (secondary N) is 1. The van der Waals surface area contributed by atoms with Crippen LogP contribution in [0.25, 0.3) is 0 Å². The maximum Gasteiger partial charge on any atom is 0.208 e. The highest BCUT2D eigenvalue weighted by molar-refractivity contribution is 5.79. The van der Waals surface area contributed by atoms with Crippen molar-refractivity contribution in [3.05, 3.63) is 0 Å². The summed E-state index contributed by atoms with van der Waals surface area (Å²) in [6.07, 6.45) is 2.07. The second kappa shape index (κ2) is 9.12. The van der Waals surface area contributed by atoms with Crippen LogP contribution >= 0.6 is 0 Å². The van der Waals surface area contributed by atoms with Gasteiger partial charge < -0.3 is 14.5 Å². The van der Waals surface area contributed by atoms with Gasteiger partial charge in [0.05, 0.1) is 0 Å². The van der Waals surface area contributed by atoms with Crippen LogP contribution in [-0.2, 0) is 4.74 Å². The summed E-state index contributed by atoms with van der Waals surface area (Å²) in [5.41, 5.74) is 2.75. The van der Waals surface area contributed by atoms with Gasteiger partial charge in [0.2, 0.25) is 5.96 Å². The summed E-state index contributed by atoms with van der Waals surface area (Å²) in [5.74, 6) is 6.43. The molecule has 0 radical (unpaired) electrons. The fraction of sp³-hybridized carbons (Fsp3) is 0.923. The molecular weight excluding hydrogens is 242 g/mol. The number of hydrogen-bond acceptors (Lipinski definition) is 4. The zero-order valence-electron chi connectivity index (χ0n) is 12.6. The Bertz CT molecular complexity index is 272. The fourth-order valence-corrected chi connectivity index (χ4v) is 2.40. The standard InChI is InChI=1S/C13H29N5O/c1-4-19-10-5-7-15-13(16-14)18-9-6-8-17(3)11-12(18)2/h12H,4-11,14H2,1-3H3,(H,15,16). The van der Waals surface area contributed by atoms with Gasteiger partial charge in [-0.3, -0.25) is 10.4 Å².